The van der Waals surface area contributed by atoms with Crippen molar-refractivity contribution in [1.82, 2.24) is 24.7 Å². The molecule has 9 nitrogen and oxygen atoms in total. The maximum absolute atomic E-state index is 14.9. The lowest BCUT2D eigenvalue weighted by molar-refractivity contribution is -0.141. The number of fused-ring (bicyclic) bond motifs is 1. The smallest absolute Gasteiger partial charge is 0.378 e. The van der Waals surface area contributed by atoms with Crippen LogP contribution < -0.4 is 16.4 Å². The average Bonchev–Trinajstić information content (AvgIpc) is 2.91. The van der Waals surface area contributed by atoms with Crippen LogP contribution in [0.1, 0.15) is 24.1 Å². The van der Waals surface area contributed by atoms with Crippen LogP contribution in [0, 0.1) is 5.82 Å². The zero-order valence-electron chi connectivity index (χ0n) is 21.4. The zero-order chi connectivity index (χ0) is 31.5. The summed E-state index contributed by atoms with van der Waals surface area (Å²) in [7, 11) is 0. The molecule has 43 heavy (non-hydrogen) atoms. The van der Waals surface area contributed by atoms with E-state index in [1.165, 1.54) is 18.3 Å². The summed E-state index contributed by atoms with van der Waals surface area (Å²) in [5, 5.41) is 7.44. The second-order valence-corrected chi connectivity index (χ2v) is 9.08. The van der Waals surface area contributed by atoms with Crippen LogP contribution in [0.25, 0.3) is 22.0 Å². The number of hydrogen-bond donors (Lipinski definition) is 2. The topological polar surface area (TPSA) is 115 Å². The summed E-state index contributed by atoms with van der Waals surface area (Å²) in [5.74, 6) is -0.961. The summed E-state index contributed by atoms with van der Waals surface area (Å²) in [6, 6.07) is 2.34. The van der Waals surface area contributed by atoms with Gasteiger partial charge in [0.25, 0.3) is 11.1 Å². The molecule has 0 saturated carbocycles. The first-order valence-corrected chi connectivity index (χ1v) is 12.2. The second kappa shape index (κ2) is 12.4. The van der Waals surface area contributed by atoms with Gasteiger partial charge >= 0.3 is 19.0 Å². The highest BCUT2D eigenvalue weighted by molar-refractivity contribution is 5.86. The summed E-state index contributed by atoms with van der Waals surface area (Å²) in [4.78, 5) is 31.6. The van der Waals surface area contributed by atoms with Crippen molar-refractivity contribution in [3.63, 3.8) is 0 Å². The Morgan fingerprint density at radius 2 is 1.74 bits per heavy atom. The highest BCUT2D eigenvalue weighted by Crippen LogP contribution is 2.32. The molecular weight excluding hydrogens is 603 g/mol. The Labute approximate surface area is 234 Å². The molecule has 18 heteroatoms. The molecule has 1 unspecified atom stereocenters. The third-order valence-electron chi connectivity index (χ3n) is 6.16. The fourth-order valence-electron chi connectivity index (χ4n) is 4.19. The number of nitrogens with zero attached hydrogens (tertiary/aromatic N) is 4. The molecule has 1 aromatic carbocycles. The molecule has 0 aliphatic rings. The van der Waals surface area contributed by atoms with Gasteiger partial charge in [0.2, 0.25) is 0 Å². The molecule has 230 valence electrons. The number of benzene rings is 1. The second-order valence-electron chi connectivity index (χ2n) is 9.08. The molecular formula is C25H19F9N6O3. The van der Waals surface area contributed by atoms with Crippen molar-refractivity contribution in [2.75, 3.05) is 11.9 Å². The van der Waals surface area contributed by atoms with Gasteiger partial charge in [0.05, 0.1) is 42.0 Å². The third kappa shape index (κ3) is 7.49. The van der Waals surface area contributed by atoms with E-state index >= 15 is 0 Å². The van der Waals surface area contributed by atoms with Crippen LogP contribution in [0.5, 0.6) is 0 Å². The molecule has 0 aliphatic heterocycles. The van der Waals surface area contributed by atoms with Crippen LogP contribution in [0.3, 0.4) is 0 Å². The van der Waals surface area contributed by atoms with Crippen molar-refractivity contribution in [3.8, 4) is 11.3 Å². The minimum Gasteiger partial charge on any atom is -0.378 e. The Balaban J connectivity index is 1.52. The van der Waals surface area contributed by atoms with Gasteiger partial charge in [0.1, 0.15) is 11.4 Å². The molecule has 1 atom stereocenters. The molecule has 0 bridgehead atoms. The number of alkyl halides is 8. The van der Waals surface area contributed by atoms with Gasteiger partial charge < -0.3 is 14.6 Å². The van der Waals surface area contributed by atoms with Gasteiger partial charge in [-0.15, -0.1) is 0 Å². The predicted molar refractivity (Wildman–Crippen MR) is 133 cm³/mol. The Bertz CT molecular complexity index is 1700. The van der Waals surface area contributed by atoms with E-state index in [0.29, 0.717) is 12.4 Å². The number of hydrogen-bond acceptors (Lipinski definition) is 7. The van der Waals surface area contributed by atoms with Crippen LogP contribution in [0.15, 0.2) is 52.6 Å². The van der Waals surface area contributed by atoms with Crippen molar-refractivity contribution in [3.05, 3.63) is 80.8 Å². The number of pyridine rings is 1. The largest absolute Gasteiger partial charge is 0.434 e. The van der Waals surface area contributed by atoms with E-state index in [4.69, 9.17) is 0 Å². The SMILES string of the molecule is O=c1[nH]ncc(NC(CCCn2ccc3cc(-c4cnc(C(F)(F)F)cn4)c(F)cc3c2=O)COC(F)F)c1C(F)(F)F. The summed E-state index contributed by atoms with van der Waals surface area (Å²) in [5.41, 5.74) is -6.27. The van der Waals surface area contributed by atoms with Crippen LogP contribution in [0.4, 0.5) is 45.2 Å². The van der Waals surface area contributed by atoms with Crippen LogP contribution in [0.2, 0.25) is 0 Å². The number of H-pyrrole nitrogens is 1. The summed E-state index contributed by atoms with van der Waals surface area (Å²) in [6.07, 6.45) is -6.71. The Kier molecular flexibility index (Phi) is 9.07. The standard InChI is InChI=1S/C25H19F9N6O3/c26-16-7-14-12(6-15(16)17-8-36-19(10-35-17)24(29,30)31)3-5-40(22(14)42)4-1-2-13(11-43-23(27)28)38-18-9-37-39-21(41)20(18)25(32,33)34/h3,5-10,13,23H,1-2,4,11H2,(H2,38,39,41). The average molecular weight is 622 g/mol. The Morgan fingerprint density at radius 3 is 2.37 bits per heavy atom. The van der Waals surface area contributed by atoms with Crippen LogP contribution in [-0.4, -0.2) is 44.0 Å². The number of aromatic amines is 1. The van der Waals surface area contributed by atoms with Crippen LogP contribution in [-0.2, 0) is 23.6 Å². The Morgan fingerprint density at radius 1 is 1.00 bits per heavy atom. The maximum Gasteiger partial charge on any atom is 0.434 e. The van der Waals surface area contributed by atoms with Gasteiger partial charge in [-0.3, -0.25) is 14.6 Å². The van der Waals surface area contributed by atoms with E-state index in [9.17, 15) is 49.1 Å². The van der Waals surface area contributed by atoms with Gasteiger partial charge in [-0.25, -0.2) is 14.5 Å². The lowest BCUT2D eigenvalue weighted by Crippen LogP contribution is -2.32. The van der Waals surface area contributed by atoms with Crippen molar-refractivity contribution >= 4 is 16.5 Å². The molecule has 0 fully saturated rings. The number of anilines is 1. The van der Waals surface area contributed by atoms with E-state index < -0.39 is 65.5 Å². The van der Waals surface area contributed by atoms with Crippen molar-refractivity contribution in [1.29, 1.82) is 0 Å². The first-order valence-electron chi connectivity index (χ1n) is 12.2. The fraction of sp³-hybridized carbons (Fsp3) is 0.320. The first kappa shape index (κ1) is 31.5. The molecule has 0 saturated heterocycles. The lowest BCUT2D eigenvalue weighted by atomic mass is 10.1. The monoisotopic (exact) mass is 622 g/mol. The number of halogens is 9. The van der Waals surface area contributed by atoms with E-state index in [1.807, 2.05) is 0 Å². The third-order valence-corrected chi connectivity index (χ3v) is 6.16. The summed E-state index contributed by atoms with van der Waals surface area (Å²) < 4.78 is 124. The van der Waals surface area contributed by atoms with Crippen molar-refractivity contribution < 1.29 is 44.3 Å². The fourth-order valence-corrected chi connectivity index (χ4v) is 4.19. The van der Waals surface area contributed by atoms with Gasteiger partial charge in [0, 0.05) is 24.3 Å². The van der Waals surface area contributed by atoms with E-state index in [2.05, 4.69) is 25.1 Å². The molecule has 0 radical (unpaired) electrons. The lowest BCUT2D eigenvalue weighted by Gasteiger charge is -2.22. The minimum atomic E-state index is -5.08. The number of ether oxygens (including phenoxy) is 1. The number of aryl methyl sites for hydroxylation is 1. The first-order chi connectivity index (χ1) is 20.1. The highest BCUT2D eigenvalue weighted by Gasteiger charge is 2.38. The predicted octanol–water partition coefficient (Wildman–Crippen LogP) is 5.22. The molecule has 3 aromatic heterocycles. The molecule has 4 rings (SSSR count). The molecule has 0 spiro atoms. The molecule has 0 amide bonds. The molecule has 3 heterocycles. The molecule has 2 N–H and O–H groups in total. The van der Waals surface area contributed by atoms with E-state index in [0.717, 1.165) is 16.8 Å². The van der Waals surface area contributed by atoms with Gasteiger partial charge in [0.15, 0.2) is 5.69 Å². The minimum absolute atomic E-state index is 0.0371. The normalized spacial score (nSPS) is 13.1. The molecule has 0 aliphatic carbocycles. The van der Waals surface area contributed by atoms with Crippen LogP contribution >= 0.6 is 0 Å². The highest BCUT2D eigenvalue weighted by atomic mass is 19.4. The van der Waals surface area contributed by atoms with E-state index in [-0.39, 0.29) is 41.4 Å². The van der Waals surface area contributed by atoms with Crippen molar-refractivity contribution in [2.45, 2.75) is 44.4 Å². The maximum atomic E-state index is 14.9. The summed E-state index contributed by atoms with van der Waals surface area (Å²) in [6.45, 7) is -4.07. The summed E-state index contributed by atoms with van der Waals surface area (Å²) >= 11 is 0. The zero-order valence-corrected chi connectivity index (χ0v) is 21.4. The number of aromatic nitrogens is 5. The quantitative estimate of drug-likeness (QED) is 0.233. The Hall–Kier alpha value is -4.48. The van der Waals surface area contributed by atoms with Gasteiger partial charge in [-0.05, 0) is 36.4 Å². The number of rotatable bonds is 10. The van der Waals surface area contributed by atoms with E-state index in [1.54, 1.807) is 5.10 Å². The van der Waals surface area contributed by atoms with Crippen molar-refractivity contribution in [2.24, 2.45) is 0 Å². The molecule has 4 aromatic rings. The van der Waals surface area contributed by atoms with Gasteiger partial charge in [-0.1, -0.05) is 0 Å². The van der Waals surface area contributed by atoms with Gasteiger partial charge in [-0.2, -0.15) is 40.2 Å². The number of nitrogens with one attached hydrogen (secondary N) is 2.